The molecule has 1 saturated heterocycles. The molecule has 19 heavy (non-hydrogen) atoms. The van der Waals surface area contributed by atoms with Crippen molar-refractivity contribution in [2.24, 2.45) is 5.73 Å². The third-order valence-electron chi connectivity index (χ3n) is 3.37. The van der Waals surface area contributed by atoms with Gasteiger partial charge in [-0.05, 0) is 26.7 Å². The Kier molecular flexibility index (Phi) is 4.31. The van der Waals surface area contributed by atoms with Crippen molar-refractivity contribution in [1.29, 1.82) is 0 Å². The van der Waals surface area contributed by atoms with Crippen LogP contribution in [0.3, 0.4) is 0 Å². The van der Waals surface area contributed by atoms with Crippen molar-refractivity contribution in [3.05, 3.63) is 17.5 Å². The van der Waals surface area contributed by atoms with Crippen molar-refractivity contribution in [2.45, 2.75) is 32.7 Å². The van der Waals surface area contributed by atoms with E-state index in [1.807, 2.05) is 0 Å². The molecule has 1 aliphatic heterocycles. The van der Waals surface area contributed by atoms with E-state index in [4.69, 9.17) is 10.5 Å². The van der Waals surface area contributed by atoms with E-state index in [9.17, 15) is 4.79 Å². The fraction of sp³-hybridized carbons (Fsp3) is 0.615. The second-order valence-electron chi connectivity index (χ2n) is 4.61. The second kappa shape index (κ2) is 5.97. The molecule has 1 aromatic rings. The van der Waals surface area contributed by atoms with Crippen molar-refractivity contribution in [3.8, 4) is 0 Å². The molecule has 0 bridgehead atoms. The van der Waals surface area contributed by atoms with Crippen LogP contribution in [0.5, 0.6) is 0 Å². The molecule has 0 spiro atoms. The third-order valence-corrected chi connectivity index (χ3v) is 3.37. The van der Waals surface area contributed by atoms with Gasteiger partial charge in [0.15, 0.2) is 0 Å². The lowest BCUT2D eigenvalue weighted by molar-refractivity contribution is 0.0524. The van der Waals surface area contributed by atoms with Crippen LogP contribution in [0.2, 0.25) is 0 Å². The van der Waals surface area contributed by atoms with Crippen molar-refractivity contribution >= 4 is 11.9 Å². The molecule has 6 heteroatoms. The van der Waals surface area contributed by atoms with Gasteiger partial charge in [0.05, 0.1) is 17.9 Å². The van der Waals surface area contributed by atoms with Crippen molar-refractivity contribution < 1.29 is 9.53 Å². The van der Waals surface area contributed by atoms with Gasteiger partial charge in [-0.3, -0.25) is 0 Å². The Bertz CT molecular complexity index is 464. The molecule has 1 aromatic heterocycles. The predicted molar refractivity (Wildman–Crippen MR) is 72.1 cm³/mol. The summed E-state index contributed by atoms with van der Waals surface area (Å²) < 4.78 is 4.96. The Morgan fingerprint density at radius 2 is 2.42 bits per heavy atom. The van der Waals surface area contributed by atoms with E-state index < -0.39 is 0 Å². The van der Waals surface area contributed by atoms with Crippen LogP contribution in [-0.2, 0) is 4.74 Å². The molecule has 104 valence electrons. The molecule has 2 N–H and O–H groups in total. The third kappa shape index (κ3) is 2.84. The first-order valence-electron chi connectivity index (χ1n) is 6.64. The van der Waals surface area contributed by atoms with Crippen LogP contribution in [-0.4, -0.2) is 41.7 Å². The molecular formula is C13H20N4O2. The monoisotopic (exact) mass is 264 g/mol. The number of carbonyl (C=O) groups is 1. The molecule has 1 atom stereocenters. The predicted octanol–water partition coefficient (Wildman–Crippen LogP) is 0.889. The largest absolute Gasteiger partial charge is 0.462 e. The summed E-state index contributed by atoms with van der Waals surface area (Å²) in [6.45, 7) is 5.44. The number of hydrogen-bond acceptors (Lipinski definition) is 6. The van der Waals surface area contributed by atoms with Gasteiger partial charge in [-0.2, -0.15) is 0 Å². The first kappa shape index (κ1) is 13.7. The number of nitrogens with zero attached hydrogens (tertiary/aromatic N) is 3. The molecule has 0 radical (unpaired) electrons. The summed E-state index contributed by atoms with van der Waals surface area (Å²) >= 11 is 0. The summed E-state index contributed by atoms with van der Waals surface area (Å²) in [6, 6.07) is 0.299. The van der Waals surface area contributed by atoms with Crippen molar-refractivity contribution in [1.82, 2.24) is 9.97 Å². The normalized spacial score (nSPS) is 18.7. The highest BCUT2D eigenvalue weighted by molar-refractivity contribution is 5.90. The van der Waals surface area contributed by atoms with E-state index in [2.05, 4.69) is 14.9 Å². The molecule has 0 aliphatic carbocycles. The first-order valence-corrected chi connectivity index (χ1v) is 6.64. The Labute approximate surface area is 113 Å². The number of rotatable bonds is 4. The lowest BCUT2D eigenvalue weighted by Crippen LogP contribution is -2.36. The summed E-state index contributed by atoms with van der Waals surface area (Å²) in [5, 5.41) is 0. The number of aryl methyl sites for hydroxylation is 1. The zero-order valence-electron chi connectivity index (χ0n) is 11.4. The summed E-state index contributed by atoms with van der Waals surface area (Å²) in [6.07, 6.45) is 3.71. The highest BCUT2D eigenvalue weighted by Gasteiger charge is 2.26. The van der Waals surface area contributed by atoms with Crippen LogP contribution in [0, 0.1) is 6.92 Å². The molecule has 0 aromatic carbocycles. The standard InChI is InChI=1S/C13H20N4O2/c1-3-19-12(18)11-8-15-13(16-9(11)2)17-6-4-5-10(17)7-14/h8,10H,3-7,14H2,1-2H3. The number of aromatic nitrogens is 2. The van der Waals surface area contributed by atoms with E-state index in [0.29, 0.717) is 36.4 Å². The van der Waals surface area contributed by atoms with E-state index in [1.54, 1.807) is 20.0 Å². The highest BCUT2D eigenvalue weighted by Crippen LogP contribution is 2.22. The van der Waals surface area contributed by atoms with Gasteiger partial charge in [0, 0.05) is 25.3 Å². The molecule has 1 aliphatic rings. The zero-order chi connectivity index (χ0) is 13.8. The van der Waals surface area contributed by atoms with E-state index in [0.717, 1.165) is 19.4 Å². The van der Waals surface area contributed by atoms with Crippen molar-refractivity contribution in [2.75, 3.05) is 24.6 Å². The highest BCUT2D eigenvalue weighted by atomic mass is 16.5. The van der Waals surface area contributed by atoms with E-state index in [-0.39, 0.29) is 5.97 Å². The van der Waals surface area contributed by atoms with Gasteiger partial charge >= 0.3 is 5.97 Å². The van der Waals surface area contributed by atoms with Gasteiger partial charge < -0.3 is 15.4 Å². The van der Waals surface area contributed by atoms with Gasteiger partial charge in [0.2, 0.25) is 5.95 Å². The Balaban J connectivity index is 2.21. The minimum Gasteiger partial charge on any atom is -0.462 e. The number of hydrogen-bond donors (Lipinski definition) is 1. The van der Waals surface area contributed by atoms with Crippen LogP contribution in [0.25, 0.3) is 0 Å². The number of nitrogens with two attached hydrogens (primary N) is 1. The quantitative estimate of drug-likeness (QED) is 0.813. The van der Waals surface area contributed by atoms with Crippen molar-refractivity contribution in [3.63, 3.8) is 0 Å². The maximum absolute atomic E-state index is 11.7. The first-order chi connectivity index (χ1) is 9.17. The van der Waals surface area contributed by atoms with Crippen LogP contribution < -0.4 is 10.6 Å². The summed E-state index contributed by atoms with van der Waals surface area (Å²) in [5.74, 6) is 0.279. The summed E-state index contributed by atoms with van der Waals surface area (Å²) in [5.41, 5.74) is 6.82. The van der Waals surface area contributed by atoms with Gasteiger partial charge in [0.1, 0.15) is 0 Å². The fourth-order valence-electron chi connectivity index (χ4n) is 2.35. The van der Waals surface area contributed by atoms with Gasteiger partial charge in [0.25, 0.3) is 0 Å². The minimum atomic E-state index is -0.372. The van der Waals surface area contributed by atoms with Gasteiger partial charge in [-0.1, -0.05) is 0 Å². The average Bonchev–Trinajstić information content (AvgIpc) is 2.87. The maximum atomic E-state index is 11.7. The topological polar surface area (TPSA) is 81.3 Å². The zero-order valence-corrected chi connectivity index (χ0v) is 11.4. The molecule has 2 heterocycles. The maximum Gasteiger partial charge on any atom is 0.341 e. The number of esters is 1. The fourth-order valence-corrected chi connectivity index (χ4v) is 2.35. The molecule has 0 amide bonds. The van der Waals surface area contributed by atoms with E-state index >= 15 is 0 Å². The molecule has 2 rings (SSSR count). The Hall–Kier alpha value is -1.69. The smallest absolute Gasteiger partial charge is 0.341 e. The van der Waals surface area contributed by atoms with Crippen LogP contribution >= 0.6 is 0 Å². The number of ether oxygens (including phenoxy) is 1. The Morgan fingerprint density at radius 1 is 1.63 bits per heavy atom. The van der Waals surface area contributed by atoms with Gasteiger partial charge in [-0.15, -0.1) is 0 Å². The average molecular weight is 264 g/mol. The lowest BCUT2D eigenvalue weighted by atomic mass is 10.2. The SMILES string of the molecule is CCOC(=O)c1cnc(N2CCCC2CN)nc1C. The Morgan fingerprint density at radius 3 is 3.05 bits per heavy atom. The lowest BCUT2D eigenvalue weighted by Gasteiger charge is -2.23. The minimum absolute atomic E-state index is 0.299. The summed E-state index contributed by atoms with van der Waals surface area (Å²) in [4.78, 5) is 22.5. The van der Waals surface area contributed by atoms with Gasteiger partial charge in [-0.25, -0.2) is 14.8 Å². The molecule has 1 fully saturated rings. The van der Waals surface area contributed by atoms with Crippen LogP contribution in [0.15, 0.2) is 6.20 Å². The van der Waals surface area contributed by atoms with Crippen LogP contribution in [0.1, 0.15) is 35.8 Å². The van der Waals surface area contributed by atoms with E-state index in [1.165, 1.54) is 0 Å². The number of anilines is 1. The molecule has 6 nitrogen and oxygen atoms in total. The molecule has 1 unspecified atom stereocenters. The second-order valence-corrected chi connectivity index (χ2v) is 4.61. The molecule has 0 saturated carbocycles. The summed E-state index contributed by atoms with van der Waals surface area (Å²) in [7, 11) is 0. The molecular weight excluding hydrogens is 244 g/mol. The van der Waals surface area contributed by atoms with Crippen LogP contribution in [0.4, 0.5) is 5.95 Å². The number of carbonyl (C=O) groups excluding carboxylic acids is 1.